The van der Waals surface area contributed by atoms with Crippen LogP contribution in [0.5, 0.6) is 0 Å². The second-order valence-corrected chi connectivity index (χ2v) is 11.0. The molecule has 4 N–H and O–H groups in total. The lowest BCUT2D eigenvalue weighted by Crippen LogP contribution is -2.66. The molecule has 0 spiro atoms. The molecule has 6 fully saturated rings. The minimum Gasteiger partial charge on any atom is -0.481 e. The van der Waals surface area contributed by atoms with Gasteiger partial charge in [-0.15, -0.1) is 0 Å². The van der Waals surface area contributed by atoms with E-state index in [1.165, 1.54) is 0 Å². The lowest BCUT2D eigenvalue weighted by molar-refractivity contribution is -0.208. The van der Waals surface area contributed by atoms with Crippen molar-refractivity contribution >= 4 is 17.8 Å². The Labute approximate surface area is 187 Å². The number of nitrogens with one attached hydrogen (secondary N) is 1. The van der Waals surface area contributed by atoms with Gasteiger partial charge < -0.3 is 25.8 Å². The van der Waals surface area contributed by atoms with Crippen LogP contribution in [0.15, 0.2) is 0 Å². The van der Waals surface area contributed by atoms with Crippen LogP contribution in [-0.2, 0) is 19.1 Å². The number of carbonyl (C=O) groups is 3. The lowest BCUT2D eigenvalue weighted by atomic mass is 9.46. The lowest BCUT2D eigenvalue weighted by Gasteiger charge is -2.62. The summed E-state index contributed by atoms with van der Waals surface area (Å²) >= 11 is 0. The van der Waals surface area contributed by atoms with Crippen LogP contribution >= 0.6 is 0 Å². The monoisotopic (exact) mass is 444 g/mol. The number of aliphatic carboxylic acids is 1. The maximum absolute atomic E-state index is 13.5. The molecule has 0 radical (unpaired) electrons. The van der Waals surface area contributed by atoms with Gasteiger partial charge in [0, 0.05) is 6.04 Å². The van der Waals surface area contributed by atoms with Crippen molar-refractivity contribution < 1.29 is 24.2 Å². The summed E-state index contributed by atoms with van der Waals surface area (Å²) < 4.78 is 6.06. The third-order valence-corrected chi connectivity index (χ3v) is 8.82. The second kappa shape index (κ2) is 7.42. The topological polar surface area (TPSA) is 146 Å². The van der Waals surface area contributed by atoms with Crippen LogP contribution < -0.4 is 11.1 Å². The van der Waals surface area contributed by atoms with Gasteiger partial charge in [-0.3, -0.25) is 14.4 Å². The van der Waals surface area contributed by atoms with Crippen LogP contribution in [0.4, 0.5) is 0 Å². The Hall–Kier alpha value is -2.18. The van der Waals surface area contributed by atoms with Crippen molar-refractivity contribution in [2.75, 3.05) is 7.05 Å². The zero-order valence-corrected chi connectivity index (χ0v) is 18.5. The predicted molar refractivity (Wildman–Crippen MR) is 112 cm³/mol. The number of nitriles is 1. The number of carboxylic acid groups (broad SMARTS) is 1. The van der Waals surface area contributed by atoms with Gasteiger partial charge in [0.1, 0.15) is 17.7 Å². The van der Waals surface area contributed by atoms with Crippen molar-refractivity contribution in [3.05, 3.63) is 0 Å². The number of fused-ring (bicyclic) bond motifs is 1. The first-order chi connectivity index (χ1) is 15.2. The van der Waals surface area contributed by atoms with Crippen LogP contribution in [0.3, 0.4) is 0 Å². The summed E-state index contributed by atoms with van der Waals surface area (Å²) in [5, 5.41) is 21.4. The highest BCUT2D eigenvalue weighted by Gasteiger charge is 2.64. The van der Waals surface area contributed by atoms with Gasteiger partial charge in [0.05, 0.1) is 18.5 Å². The SMILES string of the molecule is CN[C@@H](CC(=O)O)C(=O)OC12CC3C[C@H](C1)CC([C@H](N)C(=O)N1[C@H](C#N)CC4C[C@@H]41)(C3)C2. The molecular weight excluding hydrogens is 412 g/mol. The number of likely N-dealkylation sites (tertiary alicyclic amines) is 1. The van der Waals surface area contributed by atoms with Gasteiger partial charge in [-0.05, 0) is 81.6 Å². The zero-order chi connectivity index (χ0) is 22.8. The van der Waals surface area contributed by atoms with E-state index in [4.69, 9.17) is 15.6 Å². The molecule has 5 saturated carbocycles. The molecule has 9 atom stereocenters. The number of carbonyl (C=O) groups excluding carboxylic acids is 2. The van der Waals surface area contributed by atoms with Gasteiger partial charge in [-0.25, -0.2) is 0 Å². The highest BCUT2D eigenvalue weighted by Crippen LogP contribution is 2.64. The summed E-state index contributed by atoms with van der Waals surface area (Å²) in [6, 6.07) is 0.442. The highest BCUT2D eigenvalue weighted by atomic mass is 16.6. The number of ether oxygens (including phenoxy) is 1. The first-order valence-electron chi connectivity index (χ1n) is 11.8. The molecule has 0 aromatic heterocycles. The number of carboxylic acids is 1. The van der Waals surface area contributed by atoms with Crippen LogP contribution in [0.25, 0.3) is 0 Å². The Kier molecular flexibility index (Phi) is 5.02. The van der Waals surface area contributed by atoms with Gasteiger partial charge in [0.15, 0.2) is 0 Å². The molecule has 1 amide bonds. The summed E-state index contributed by atoms with van der Waals surface area (Å²) in [7, 11) is 1.55. The molecule has 174 valence electrons. The Morgan fingerprint density at radius 1 is 1.22 bits per heavy atom. The van der Waals surface area contributed by atoms with E-state index in [1.807, 2.05) is 0 Å². The maximum Gasteiger partial charge on any atom is 0.324 e. The molecule has 5 aliphatic carbocycles. The Morgan fingerprint density at radius 3 is 2.50 bits per heavy atom. The van der Waals surface area contributed by atoms with Crippen LogP contribution in [0.2, 0.25) is 0 Å². The fourth-order valence-electron chi connectivity index (χ4n) is 7.81. The highest BCUT2D eigenvalue weighted by molar-refractivity contribution is 5.85. The Bertz CT molecular complexity index is 870. The van der Waals surface area contributed by atoms with Gasteiger partial charge in [-0.1, -0.05) is 0 Å². The minimum atomic E-state index is -1.06. The standard InChI is InChI=1S/C23H32N4O5/c1-26-16(5-18(28)29)21(31)32-23-8-12-2-13(9-23)7-22(6-12,11-23)19(25)20(30)27-15(10-24)3-14-4-17(14)27/h12-17,19,26H,2-9,11,25H2,1H3,(H,28,29)/t12-,13?,14?,15-,16-,17-,19+,22?,23?/m0/s1. The quantitative estimate of drug-likeness (QED) is 0.488. The summed E-state index contributed by atoms with van der Waals surface area (Å²) in [5.74, 6) is -0.608. The molecule has 1 heterocycles. The fourth-order valence-corrected chi connectivity index (χ4v) is 7.81. The van der Waals surface area contributed by atoms with E-state index in [0.29, 0.717) is 24.2 Å². The van der Waals surface area contributed by atoms with Crippen molar-refractivity contribution in [3.63, 3.8) is 0 Å². The van der Waals surface area contributed by atoms with Crippen molar-refractivity contribution in [2.24, 2.45) is 28.9 Å². The van der Waals surface area contributed by atoms with E-state index in [-0.39, 0.29) is 24.4 Å². The van der Waals surface area contributed by atoms with E-state index < -0.39 is 35.0 Å². The number of amides is 1. The molecule has 9 heteroatoms. The van der Waals surface area contributed by atoms with Crippen molar-refractivity contribution in [1.29, 1.82) is 5.26 Å². The number of esters is 1. The second-order valence-electron chi connectivity index (χ2n) is 11.0. The number of nitrogens with zero attached hydrogens (tertiary/aromatic N) is 2. The van der Waals surface area contributed by atoms with Gasteiger partial charge >= 0.3 is 11.9 Å². The van der Waals surface area contributed by atoms with Crippen molar-refractivity contribution in [2.45, 2.75) is 87.6 Å². The molecule has 1 aliphatic heterocycles. The number of rotatable bonds is 7. The number of piperidine rings is 1. The molecule has 6 aliphatic rings. The fraction of sp³-hybridized carbons (Fsp3) is 0.826. The van der Waals surface area contributed by atoms with E-state index in [0.717, 1.165) is 44.9 Å². The summed E-state index contributed by atoms with van der Waals surface area (Å²) in [4.78, 5) is 39.3. The smallest absolute Gasteiger partial charge is 0.324 e. The molecule has 6 rings (SSSR count). The van der Waals surface area contributed by atoms with E-state index in [2.05, 4.69) is 11.4 Å². The normalized spacial score (nSPS) is 42.7. The summed E-state index contributed by atoms with van der Waals surface area (Å²) in [6.07, 6.45) is 6.15. The average molecular weight is 445 g/mol. The van der Waals surface area contributed by atoms with Gasteiger partial charge in [0.25, 0.3) is 0 Å². The number of hydrogen-bond donors (Lipinski definition) is 3. The summed E-state index contributed by atoms with van der Waals surface area (Å²) in [6.45, 7) is 0. The molecule has 0 aromatic rings. The maximum atomic E-state index is 13.5. The average Bonchev–Trinajstić information content (AvgIpc) is 3.39. The Morgan fingerprint density at radius 2 is 1.91 bits per heavy atom. The van der Waals surface area contributed by atoms with Gasteiger partial charge in [0.2, 0.25) is 5.91 Å². The third-order valence-electron chi connectivity index (χ3n) is 8.82. The first kappa shape index (κ1) is 21.7. The van der Waals surface area contributed by atoms with Gasteiger partial charge in [-0.2, -0.15) is 5.26 Å². The van der Waals surface area contributed by atoms with E-state index >= 15 is 0 Å². The van der Waals surface area contributed by atoms with Crippen LogP contribution in [-0.4, -0.2) is 64.7 Å². The third kappa shape index (κ3) is 3.39. The predicted octanol–water partition coefficient (Wildman–Crippen LogP) is 0.772. The van der Waals surface area contributed by atoms with Crippen molar-refractivity contribution in [3.8, 4) is 6.07 Å². The molecule has 0 aromatic carbocycles. The van der Waals surface area contributed by atoms with E-state index in [1.54, 1.807) is 11.9 Å². The number of hydrogen-bond acceptors (Lipinski definition) is 7. The summed E-state index contributed by atoms with van der Waals surface area (Å²) in [5.41, 5.74) is 5.58. The number of likely N-dealkylation sites (N-methyl/N-ethyl adjacent to an activating group) is 1. The minimum absolute atomic E-state index is 0.121. The molecule has 4 bridgehead atoms. The molecule has 32 heavy (non-hydrogen) atoms. The molecular formula is C23H32N4O5. The number of nitrogens with two attached hydrogens (primary N) is 1. The van der Waals surface area contributed by atoms with Crippen LogP contribution in [0, 0.1) is 34.5 Å². The van der Waals surface area contributed by atoms with Crippen molar-refractivity contribution in [1.82, 2.24) is 10.2 Å². The van der Waals surface area contributed by atoms with E-state index in [9.17, 15) is 19.6 Å². The Balaban J connectivity index is 1.36. The van der Waals surface area contributed by atoms with Crippen LogP contribution in [0.1, 0.15) is 57.8 Å². The zero-order valence-electron chi connectivity index (χ0n) is 18.5. The first-order valence-corrected chi connectivity index (χ1v) is 11.8. The molecule has 4 unspecified atom stereocenters. The molecule has 9 nitrogen and oxygen atoms in total. The molecule has 1 saturated heterocycles. The largest absolute Gasteiger partial charge is 0.481 e.